The molecule has 0 nitrogen and oxygen atoms in total. The Morgan fingerprint density at radius 2 is 0.504 bits per heavy atom. The van der Waals surface area contributed by atoms with E-state index < -0.39 is 236 Å². The summed E-state index contributed by atoms with van der Waals surface area (Å²) in [6.45, 7) is 0. The highest BCUT2D eigenvalue weighted by Gasteiger charge is 2.24. The lowest BCUT2D eigenvalue weighted by molar-refractivity contribution is 1.64. The number of fused-ring (bicyclic) bond motifs is 18. The molecular formula is C120H74S3. The van der Waals surface area contributed by atoms with Crippen molar-refractivity contribution >= 4 is 191 Å². The van der Waals surface area contributed by atoms with Crippen molar-refractivity contribution in [1.82, 2.24) is 0 Å². The molecule has 0 atom stereocenters. The van der Waals surface area contributed by atoms with Crippen molar-refractivity contribution in [2.45, 2.75) is 0 Å². The van der Waals surface area contributed by atoms with E-state index in [2.05, 4.69) is 48.5 Å². The minimum Gasteiger partial charge on any atom is -0.135 e. The van der Waals surface area contributed by atoms with Crippen LogP contribution in [0.3, 0.4) is 0 Å². The molecule has 23 aromatic carbocycles. The van der Waals surface area contributed by atoms with Crippen LogP contribution in [0.15, 0.2) is 448 Å². The predicted octanol–water partition coefficient (Wildman–Crippen LogP) is 35.9. The molecule has 0 saturated carbocycles. The second kappa shape index (κ2) is 30.1. The van der Waals surface area contributed by atoms with Crippen molar-refractivity contribution in [2.24, 2.45) is 0 Å². The van der Waals surface area contributed by atoms with Gasteiger partial charge in [0.1, 0.15) is 0 Å². The molecule has 0 aliphatic rings. The second-order valence-corrected chi connectivity index (χ2v) is 32.6. The zero-order valence-corrected chi connectivity index (χ0v) is 66.5. The highest BCUT2D eigenvalue weighted by atomic mass is 32.1. The Labute approximate surface area is 777 Å². The highest BCUT2D eigenvalue weighted by Crippen LogP contribution is 2.51. The molecule has 0 N–H and O–H groups in total. The molecule has 0 fully saturated rings. The van der Waals surface area contributed by atoms with Crippen LogP contribution in [0.2, 0.25) is 0 Å². The predicted molar refractivity (Wildman–Crippen MR) is 539 cm³/mol. The lowest BCUT2D eigenvalue weighted by Gasteiger charge is -2.19. The molecule has 0 bridgehead atoms. The van der Waals surface area contributed by atoms with E-state index >= 15 is 0 Å². The van der Waals surface area contributed by atoms with Gasteiger partial charge in [0.2, 0.25) is 0 Å². The summed E-state index contributed by atoms with van der Waals surface area (Å²) in [6, 6.07) is 49.0. The molecule has 0 radical (unpaired) electrons. The zero-order chi connectivity index (χ0) is 114. The Bertz CT molecular complexity index is 11000. The van der Waals surface area contributed by atoms with Gasteiger partial charge in [-0.05, 0) is 234 Å². The van der Waals surface area contributed by atoms with Crippen molar-refractivity contribution in [3.63, 3.8) is 0 Å². The molecule has 123 heavy (non-hydrogen) atoms. The molecule has 572 valence electrons. The molecule has 0 spiro atoms. The van der Waals surface area contributed by atoms with E-state index in [4.69, 9.17) is 30.2 Å². The summed E-state index contributed by atoms with van der Waals surface area (Å²) in [5.41, 5.74) is 5.59. The van der Waals surface area contributed by atoms with Crippen molar-refractivity contribution in [2.75, 3.05) is 0 Å². The van der Waals surface area contributed by atoms with Gasteiger partial charge in [-0.3, -0.25) is 0 Å². The molecule has 0 saturated heterocycles. The van der Waals surface area contributed by atoms with E-state index in [0.717, 1.165) is 64.0 Å². The lowest BCUT2D eigenvalue weighted by Crippen LogP contribution is -1.91. The third-order valence-corrected chi connectivity index (χ3v) is 26.0. The van der Waals surface area contributed by atoms with Gasteiger partial charge >= 0.3 is 0 Å². The van der Waals surface area contributed by atoms with Crippen LogP contribution >= 0.6 is 34.0 Å². The minimum absolute atomic E-state index is 0.0538. The van der Waals surface area contributed by atoms with Gasteiger partial charge in [-0.25, -0.2) is 0 Å². The van der Waals surface area contributed by atoms with Gasteiger partial charge in [0.05, 0.1) is 52.1 Å². The molecule has 3 aromatic heterocycles. The fourth-order valence-corrected chi connectivity index (χ4v) is 20.5. The summed E-state index contributed by atoms with van der Waals surface area (Å²) in [6.07, 6.45) is 0. The summed E-state index contributed by atoms with van der Waals surface area (Å²) >= 11 is 4.04. The monoisotopic (exact) mass is 1650 g/mol. The third kappa shape index (κ3) is 12.4. The van der Waals surface area contributed by atoms with E-state index in [-0.39, 0.29) is 112 Å². The maximum Gasteiger partial charge on any atom is 0.0644 e. The van der Waals surface area contributed by atoms with Crippen molar-refractivity contribution < 1.29 is 52.1 Å². The normalized spacial score (nSPS) is 16.1. The van der Waals surface area contributed by atoms with Crippen LogP contribution in [0.4, 0.5) is 0 Å². The molecule has 0 aliphatic carbocycles. The van der Waals surface area contributed by atoms with E-state index in [1.165, 1.54) is 20.2 Å². The van der Waals surface area contributed by atoms with Crippen molar-refractivity contribution in [3.05, 3.63) is 448 Å². The molecule has 26 aromatic rings. The zero-order valence-electron chi connectivity index (χ0n) is 102. The van der Waals surface area contributed by atoms with Crippen LogP contribution < -0.4 is 0 Å². The van der Waals surface area contributed by atoms with Gasteiger partial charge in [-0.15, -0.1) is 34.0 Å². The van der Waals surface area contributed by atoms with Crippen LogP contribution in [0.25, 0.3) is 246 Å². The molecule has 0 aliphatic heterocycles. The number of thiophene rings is 3. The van der Waals surface area contributed by atoms with Gasteiger partial charge in [0, 0.05) is 60.5 Å². The van der Waals surface area contributed by atoms with Crippen molar-refractivity contribution in [1.29, 1.82) is 0 Å². The van der Waals surface area contributed by atoms with E-state index in [1.807, 2.05) is 170 Å². The number of benzene rings is 23. The van der Waals surface area contributed by atoms with Crippen LogP contribution in [-0.2, 0) is 0 Å². The van der Waals surface area contributed by atoms with E-state index in [0.29, 0.717) is 55.8 Å². The van der Waals surface area contributed by atoms with Gasteiger partial charge < -0.3 is 0 Å². The summed E-state index contributed by atoms with van der Waals surface area (Å²) in [5.74, 6) is 0. The first-order valence-electron chi connectivity index (χ1n) is 58.1. The summed E-state index contributed by atoms with van der Waals surface area (Å²) in [4.78, 5) is 0. The number of hydrogen-bond acceptors (Lipinski definition) is 3. The average Bonchev–Trinajstić information content (AvgIpc) is 1.62. The molecular weight excluding hydrogens is 1540 g/mol. The summed E-state index contributed by atoms with van der Waals surface area (Å²) in [7, 11) is 0. The van der Waals surface area contributed by atoms with Gasteiger partial charge in [0.25, 0.3) is 0 Å². The van der Waals surface area contributed by atoms with Crippen LogP contribution in [-0.4, -0.2) is 0 Å². The summed E-state index contributed by atoms with van der Waals surface area (Å²) in [5, 5.41) is 6.02. The Morgan fingerprint density at radius 1 is 0.146 bits per heavy atom. The van der Waals surface area contributed by atoms with Crippen LogP contribution in [0.1, 0.15) is 52.1 Å². The number of hydrogen-bond donors (Lipinski definition) is 0. The Hall–Kier alpha value is -14.9. The second-order valence-electron chi connectivity index (χ2n) is 29.4. The van der Waals surface area contributed by atoms with Gasteiger partial charge in [-0.2, -0.15) is 0 Å². The third-order valence-electron chi connectivity index (χ3n) is 22.7. The fourth-order valence-electron chi connectivity index (χ4n) is 17.2. The maximum absolute atomic E-state index is 9.54. The van der Waals surface area contributed by atoms with Gasteiger partial charge in [-0.1, -0.05) is 400 Å². The highest BCUT2D eigenvalue weighted by molar-refractivity contribution is 7.26. The lowest BCUT2D eigenvalue weighted by atomic mass is 9.84. The molecule has 3 heteroatoms. The smallest absolute Gasteiger partial charge is 0.0644 e. The standard InChI is InChI=1S/2C42H26S.C36H22S/c1-2-12-31-28(10-1)11-9-18-34(31)42-37-16-5-3-14-35(37)41(36-15-4-6-17-38(36)42)29-22-20-27(21-23-29)30-24-25-33-32-13-7-8-19-39(32)43-40(33)26-30;1-2-10-27(11-3-1)28-18-19-30-25-31(21-20-29(30)24-28)41-35-13-4-6-15-37(35)42(38-16-7-5-14-36(38)41)32-22-23-34-33-12-8-9-17-39(33)43-40(34)26-32;1-2-12-25-23(10-1)11-9-18-28(25)36-31-16-5-3-14-29(31)35(30-15-4-6-17-32(30)36)24-20-21-27-26-13-7-8-19-33(26)37-34(27)22-24/h2*1-26H;1-22H/i3D,4D,5D,6D,14D,15D,16D,17D;4D,5D,6D,7D,13D,14D,15D,16D;1D,2D,3D,4D,5D,6D,7D,8D,9D,10D,11D,12D,13D,14D,15D,16D,17D,18D,19D,20D,21D,22D. The minimum atomic E-state index is -0.891. The quantitative estimate of drug-likeness (QED) is 0.133. The first kappa shape index (κ1) is 43.3. The Balaban J connectivity index is 0.000000127. The van der Waals surface area contributed by atoms with E-state index in [9.17, 15) is 21.9 Å². The Kier molecular flexibility index (Phi) is 10.6. The summed E-state index contributed by atoms with van der Waals surface area (Å²) < 4.78 is 343. The molecule has 0 amide bonds. The fraction of sp³-hybridized carbons (Fsp3) is 0. The average molecular weight is 1650 g/mol. The largest absolute Gasteiger partial charge is 0.135 e. The Morgan fingerprint density at radius 3 is 1.08 bits per heavy atom. The van der Waals surface area contributed by atoms with Crippen LogP contribution in [0.5, 0.6) is 0 Å². The van der Waals surface area contributed by atoms with Gasteiger partial charge in [0.15, 0.2) is 0 Å². The van der Waals surface area contributed by atoms with Crippen LogP contribution in [0, 0.1) is 0 Å². The van der Waals surface area contributed by atoms with E-state index in [1.54, 1.807) is 22.7 Å². The molecule has 0 unspecified atom stereocenters. The first-order chi connectivity index (χ1) is 76.8. The van der Waals surface area contributed by atoms with Crippen molar-refractivity contribution in [3.8, 4) is 89.0 Å². The maximum atomic E-state index is 9.54. The molecule has 26 rings (SSSR count). The SMILES string of the molecule is [2H]c1c([2H])c([2H])c2c(-c3ccc4c(c3)sc3ccccc34)c3c([2H])c([2H])c([2H])c([2H])c3c(-c3ccc4cc(-c5ccccc5)ccc4c3)c2c1[2H].[2H]c1c([2H])c([2H])c2c(-c3cccc4ccccc34)c3c([2H])c([2H])c([2H])c([2H])c3c(-c3ccc(-c4ccc5c(c4)sc4ccccc45)cc3)c2c1[2H].[2H]c1c([2H])c([2H])c2c(sc3c([2H])c(-c4c5c([2H])c([2H])c([2H])c([2H])c5c(-c5c([2H])c([2H])c([2H])c6c([2H])c([2H])c([2H])c([2H])c56)c5c([2H])c([2H])c([2H])c([2H])c45)c([2H])c([2H])c32)c1[2H]. The number of rotatable bonds is 8. The topological polar surface area (TPSA) is 0 Å². The molecule has 3 heterocycles. The first-order valence-corrected chi connectivity index (χ1v) is 41.6.